The number of halogens is 1. The summed E-state index contributed by atoms with van der Waals surface area (Å²) in [5.74, 6) is 0.0563. The van der Waals surface area contributed by atoms with Gasteiger partial charge in [-0.3, -0.25) is 9.69 Å². The van der Waals surface area contributed by atoms with Gasteiger partial charge < -0.3 is 4.74 Å². The second-order valence-corrected chi connectivity index (χ2v) is 6.66. The summed E-state index contributed by atoms with van der Waals surface area (Å²) in [5.41, 5.74) is 2.40. The molecular weight excluding hydrogens is 317 g/mol. The van der Waals surface area contributed by atoms with Crippen molar-refractivity contribution in [3.8, 4) is 0 Å². The van der Waals surface area contributed by atoms with Gasteiger partial charge in [0.1, 0.15) is 5.82 Å². The number of carbonyl (C=O) groups excluding carboxylic acids is 1. The Morgan fingerprint density at radius 1 is 1.16 bits per heavy atom. The molecule has 0 aromatic heterocycles. The smallest absolute Gasteiger partial charge is 0.307 e. The molecule has 1 fully saturated rings. The fourth-order valence-corrected chi connectivity index (χ4v) is 3.65. The SMILES string of the molecule is COC(=O)C[C@H]1C[C@@H](c2ccccc2)CCN1Cc1ccc(F)cc1. The van der Waals surface area contributed by atoms with Crippen LogP contribution < -0.4 is 0 Å². The molecule has 0 N–H and O–H groups in total. The molecule has 0 spiro atoms. The quantitative estimate of drug-likeness (QED) is 0.766. The minimum Gasteiger partial charge on any atom is -0.469 e. The lowest BCUT2D eigenvalue weighted by atomic mass is 9.84. The molecule has 0 aliphatic carbocycles. The van der Waals surface area contributed by atoms with E-state index < -0.39 is 0 Å². The van der Waals surface area contributed by atoms with E-state index in [4.69, 9.17) is 4.74 Å². The van der Waals surface area contributed by atoms with Crippen LogP contribution in [0, 0.1) is 5.82 Å². The fraction of sp³-hybridized carbons (Fsp3) is 0.381. The Hall–Kier alpha value is -2.20. The van der Waals surface area contributed by atoms with Crippen LogP contribution in [0.4, 0.5) is 4.39 Å². The lowest BCUT2D eigenvalue weighted by Gasteiger charge is -2.39. The molecule has 3 nitrogen and oxygen atoms in total. The summed E-state index contributed by atoms with van der Waals surface area (Å²) < 4.78 is 18.0. The van der Waals surface area contributed by atoms with E-state index in [1.165, 1.54) is 24.8 Å². The number of piperidine rings is 1. The van der Waals surface area contributed by atoms with Crippen molar-refractivity contribution < 1.29 is 13.9 Å². The van der Waals surface area contributed by atoms with Gasteiger partial charge in [0.25, 0.3) is 0 Å². The van der Waals surface area contributed by atoms with Gasteiger partial charge in [-0.15, -0.1) is 0 Å². The first kappa shape index (κ1) is 17.6. The van der Waals surface area contributed by atoms with E-state index in [2.05, 4.69) is 29.2 Å². The van der Waals surface area contributed by atoms with Crippen LogP contribution in [0.3, 0.4) is 0 Å². The molecule has 4 heteroatoms. The van der Waals surface area contributed by atoms with E-state index in [-0.39, 0.29) is 17.8 Å². The highest BCUT2D eigenvalue weighted by atomic mass is 19.1. The van der Waals surface area contributed by atoms with Gasteiger partial charge in [-0.05, 0) is 48.6 Å². The topological polar surface area (TPSA) is 29.5 Å². The summed E-state index contributed by atoms with van der Waals surface area (Å²) in [6.45, 7) is 1.64. The Morgan fingerprint density at radius 3 is 2.56 bits per heavy atom. The molecule has 3 rings (SSSR count). The third-order valence-corrected chi connectivity index (χ3v) is 5.04. The molecule has 0 saturated carbocycles. The molecule has 0 radical (unpaired) electrons. The minimum absolute atomic E-state index is 0.136. The van der Waals surface area contributed by atoms with Crippen LogP contribution in [0.2, 0.25) is 0 Å². The average Bonchev–Trinajstić information content (AvgIpc) is 2.65. The molecule has 132 valence electrons. The molecule has 2 atom stereocenters. The first-order chi connectivity index (χ1) is 12.2. The summed E-state index contributed by atoms with van der Waals surface area (Å²) in [6, 6.07) is 17.2. The van der Waals surface area contributed by atoms with Gasteiger partial charge in [0.2, 0.25) is 0 Å². The van der Waals surface area contributed by atoms with Crippen LogP contribution in [-0.2, 0) is 16.1 Å². The summed E-state index contributed by atoms with van der Waals surface area (Å²) in [6.07, 6.45) is 2.38. The number of carbonyl (C=O) groups is 1. The van der Waals surface area contributed by atoms with Crippen molar-refractivity contribution in [1.82, 2.24) is 4.90 Å². The first-order valence-electron chi connectivity index (χ1n) is 8.76. The van der Waals surface area contributed by atoms with Crippen LogP contribution in [0.5, 0.6) is 0 Å². The van der Waals surface area contributed by atoms with Crippen LogP contribution in [0.15, 0.2) is 54.6 Å². The lowest BCUT2D eigenvalue weighted by molar-refractivity contribution is -0.142. The summed E-state index contributed by atoms with van der Waals surface area (Å²) >= 11 is 0. The fourth-order valence-electron chi connectivity index (χ4n) is 3.65. The predicted octanol–water partition coefficient (Wildman–Crippen LogP) is 4.14. The van der Waals surface area contributed by atoms with Crippen molar-refractivity contribution in [2.75, 3.05) is 13.7 Å². The van der Waals surface area contributed by atoms with Crippen molar-refractivity contribution >= 4 is 5.97 Å². The number of ether oxygens (including phenoxy) is 1. The molecule has 25 heavy (non-hydrogen) atoms. The van der Waals surface area contributed by atoms with Gasteiger partial charge in [0.05, 0.1) is 13.5 Å². The second kappa shape index (κ2) is 8.26. The Bertz CT molecular complexity index is 687. The maximum atomic E-state index is 13.1. The van der Waals surface area contributed by atoms with Crippen LogP contribution in [0.25, 0.3) is 0 Å². The lowest BCUT2D eigenvalue weighted by Crippen LogP contribution is -2.42. The zero-order chi connectivity index (χ0) is 17.6. The van der Waals surface area contributed by atoms with E-state index in [0.717, 1.165) is 31.5 Å². The zero-order valence-corrected chi connectivity index (χ0v) is 14.5. The van der Waals surface area contributed by atoms with Crippen LogP contribution >= 0.6 is 0 Å². The third-order valence-electron chi connectivity index (χ3n) is 5.04. The maximum absolute atomic E-state index is 13.1. The van der Waals surface area contributed by atoms with Crippen molar-refractivity contribution in [3.05, 3.63) is 71.5 Å². The standard InChI is InChI=1S/C21H24FNO2/c1-25-21(24)14-20-13-18(17-5-3-2-4-6-17)11-12-23(20)15-16-7-9-19(22)10-8-16/h2-10,18,20H,11-15H2,1H3/t18-,20+/m0/s1. The Morgan fingerprint density at radius 2 is 1.88 bits per heavy atom. The van der Waals surface area contributed by atoms with Gasteiger partial charge in [-0.2, -0.15) is 0 Å². The number of rotatable bonds is 5. The Kier molecular flexibility index (Phi) is 5.82. The predicted molar refractivity (Wildman–Crippen MR) is 95.6 cm³/mol. The normalized spacial score (nSPS) is 21.0. The Balaban J connectivity index is 1.73. The number of esters is 1. The van der Waals surface area contributed by atoms with E-state index >= 15 is 0 Å². The molecule has 2 aromatic rings. The summed E-state index contributed by atoms with van der Waals surface area (Å²) in [5, 5.41) is 0. The van der Waals surface area contributed by atoms with Gasteiger partial charge in [0, 0.05) is 12.6 Å². The van der Waals surface area contributed by atoms with Crippen LogP contribution in [0.1, 0.15) is 36.3 Å². The molecule has 0 bridgehead atoms. The van der Waals surface area contributed by atoms with Gasteiger partial charge in [0.15, 0.2) is 0 Å². The van der Waals surface area contributed by atoms with Gasteiger partial charge >= 0.3 is 5.97 Å². The minimum atomic E-state index is -0.224. The number of nitrogens with zero attached hydrogens (tertiary/aromatic N) is 1. The number of hydrogen-bond donors (Lipinski definition) is 0. The monoisotopic (exact) mass is 341 g/mol. The highest BCUT2D eigenvalue weighted by Crippen LogP contribution is 2.33. The molecule has 1 aliphatic heterocycles. The molecule has 1 saturated heterocycles. The highest BCUT2D eigenvalue weighted by molar-refractivity contribution is 5.70. The number of methoxy groups -OCH3 is 1. The van der Waals surface area contributed by atoms with Crippen molar-refractivity contribution in [2.24, 2.45) is 0 Å². The maximum Gasteiger partial charge on any atom is 0.307 e. The molecule has 0 amide bonds. The van der Waals surface area contributed by atoms with Crippen molar-refractivity contribution in [2.45, 2.75) is 37.8 Å². The van der Waals surface area contributed by atoms with E-state index in [1.807, 2.05) is 18.2 Å². The van der Waals surface area contributed by atoms with Crippen LogP contribution in [-0.4, -0.2) is 30.6 Å². The highest BCUT2D eigenvalue weighted by Gasteiger charge is 2.31. The summed E-state index contributed by atoms with van der Waals surface area (Å²) in [4.78, 5) is 14.2. The molecule has 1 aliphatic rings. The largest absolute Gasteiger partial charge is 0.469 e. The van der Waals surface area contributed by atoms with E-state index in [1.54, 1.807) is 0 Å². The summed E-state index contributed by atoms with van der Waals surface area (Å²) in [7, 11) is 1.43. The first-order valence-corrected chi connectivity index (χ1v) is 8.76. The number of likely N-dealkylation sites (tertiary alicyclic amines) is 1. The van der Waals surface area contributed by atoms with Gasteiger partial charge in [-0.25, -0.2) is 4.39 Å². The molecule has 2 aromatic carbocycles. The second-order valence-electron chi connectivity index (χ2n) is 6.66. The number of hydrogen-bond acceptors (Lipinski definition) is 3. The third kappa shape index (κ3) is 4.67. The van der Waals surface area contributed by atoms with Crippen molar-refractivity contribution in [1.29, 1.82) is 0 Å². The number of benzene rings is 2. The van der Waals surface area contributed by atoms with Gasteiger partial charge in [-0.1, -0.05) is 42.5 Å². The zero-order valence-electron chi connectivity index (χ0n) is 14.5. The van der Waals surface area contributed by atoms with Crippen molar-refractivity contribution in [3.63, 3.8) is 0 Å². The van der Waals surface area contributed by atoms with E-state index in [9.17, 15) is 9.18 Å². The average molecular weight is 341 g/mol. The molecule has 1 heterocycles. The molecular formula is C21H24FNO2. The van der Waals surface area contributed by atoms with E-state index in [0.29, 0.717) is 12.3 Å². The Labute approximate surface area is 148 Å². The molecule has 0 unspecified atom stereocenters.